The van der Waals surface area contributed by atoms with Gasteiger partial charge < -0.3 is 0 Å². The van der Waals surface area contributed by atoms with Gasteiger partial charge in [0.05, 0.1) is 5.69 Å². The molecule has 0 amide bonds. The maximum absolute atomic E-state index is 6.27. The van der Waals surface area contributed by atoms with Crippen molar-refractivity contribution in [3.05, 3.63) is 82.6 Å². The average Bonchev–Trinajstić information content (AvgIpc) is 3.33. The number of nitrogens with zero attached hydrogens (tertiary/aromatic N) is 5. The first kappa shape index (κ1) is 18.2. The van der Waals surface area contributed by atoms with Crippen LogP contribution >= 0.6 is 23.4 Å². The standard InChI is InChI=1S/C22H18ClN5S/c1-14-7-8-16(11-15(14)2)19-12-20-21-24-25-22(27(21)9-10-28(20)26-19)29-13-17-5-3-4-6-18(17)23/h3-12H,13H2,1-2H3. The van der Waals surface area contributed by atoms with Gasteiger partial charge in [-0.3, -0.25) is 4.40 Å². The van der Waals surface area contributed by atoms with Crippen LogP contribution in [0.15, 0.2) is 66.1 Å². The van der Waals surface area contributed by atoms with E-state index in [4.69, 9.17) is 16.7 Å². The molecule has 0 N–H and O–H groups in total. The Bertz CT molecular complexity index is 1350. The van der Waals surface area contributed by atoms with Crippen LogP contribution in [-0.2, 0) is 5.75 Å². The third kappa shape index (κ3) is 3.28. The van der Waals surface area contributed by atoms with E-state index in [0.29, 0.717) is 0 Å². The number of aryl methyl sites for hydroxylation is 2. The molecule has 0 atom stereocenters. The van der Waals surface area contributed by atoms with Crippen LogP contribution in [0.2, 0.25) is 5.02 Å². The molecule has 5 nitrogen and oxygen atoms in total. The number of benzene rings is 2. The highest BCUT2D eigenvalue weighted by molar-refractivity contribution is 7.98. The van der Waals surface area contributed by atoms with Crippen molar-refractivity contribution < 1.29 is 0 Å². The normalized spacial score (nSPS) is 11.6. The number of hydrogen-bond donors (Lipinski definition) is 0. The molecule has 144 valence electrons. The second kappa shape index (κ2) is 7.21. The van der Waals surface area contributed by atoms with E-state index in [9.17, 15) is 0 Å². The summed E-state index contributed by atoms with van der Waals surface area (Å²) < 4.78 is 3.86. The van der Waals surface area contributed by atoms with Gasteiger partial charge in [-0.1, -0.05) is 53.7 Å². The van der Waals surface area contributed by atoms with Crippen LogP contribution in [-0.4, -0.2) is 24.2 Å². The maximum Gasteiger partial charge on any atom is 0.196 e. The van der Waals surface area contributed by atoms with Gasteiger partial charge in [-0.05, 0) is 48.7 Å². The molecule has 3 heterocycles. The van der Waals surface area contributed by atoms with Crippen LogP contribution in [0.5, 0.6) is 0 Å². The summed E-state index contributed by atoms with van der Waals surface area (Å²) >= 11 is 7.89. The first-order chi connectivity index (χ1) is 14.1. The SMILES string of the molecule is Cc1ccc(-c2cc3c4nnc(SCc5ccccc5Cl)n4ccn3n2)cc1C. The average molecular weight is 420 g/mol. The summed E-state index contributed by atoms with van der Waals surface area (Å²) in [5, 5.41) is 15.1. The molecule has 0 saturated carbocycles. The van der Waals surface area contributed by atoms with Crippen molar-refractivity contribution in [2.45, 2.75) is 24.8 Å². The first-order valence-electron chi connectivity index (χ1n) is 9.27. The molecule has 0 radical (unpaired) electrons. The predicted octanol–water partition coefficient (Wildman–Crippen LogP) is 5.61. The Hall–Kier alpha value is -2.83. The van der Waals surface area contributed by atoms with E-state index in [0.717, 1.165) is 43.9 Å². The smallest absolute Gasteiger partial charge is 0.196 e. The van der Waals surface area contributed by atoms with Crippen molar-refractivity contribution >= 4 is 34.5 Å². The molecule has 5 aromatic rings. The molecule has 3 aromatic heterocycles. The fraction of sp³-hybridized carbons (Fsp3) is 0.136. The van der Waals surface area contributed by atoms with E-state index in [2.05, 4.69) is 48.3 Å². The molecule has 0 spiro atoms. The Morgan fingerprint density at radius 1 is 0.966 bits per heavy atom. The van der Waals surface area contributed by atoms with Gasteiger partial charge in [-0.15, -0.1) is 10.2 Å². The molecule has 29 heavy (non-hydrogen) atoms. The molecule has 0 aliphatic rings. The number of aromatic nitrogens is 5. The highest BCUT2D eigenvalue weighted by atomic mass is 35.5. The Kier molecular flexibility index (Phi) is 4.53. The lowest BCUT2D eigenvalue weighted by Crippen LogP contribution is -1.94. The van der Waals surface area contributed by atoms with Crippen molar-refractivity contribution in [2.24, 2.45) is 0 Å². The fourth-order valence-electron chi connectivity index (χ4n) is 3.29. The Balaban J connectivity index is 1.51. The minimum atomic E-state index is 0.735. The third-order valence-electron chi connectivity index (χ3n) is 5.10. The fourth-order valence-corrected chi connectivity index (χ4v) is 4.49. The summed E-state index contributed by atoms with van der Waals surface area (Å²) in [7, 11) is 0. The summed E-state index contributed by atoms with van der Waals surface area (Å²) in [4.78, 5) is 0. The molecule has 0 aliphatic carbocycles. The Labute approximate surface area is 177 Å². The van der Waals surface area contributed by atoms with E-state index in [-0.39, 0.29) is 0 Å². The molecule has 5 rings (SSSR count). The zero-order valence-corrected chi connectivity index (χ0v) is 17.6. The third-order valence-corrected chi connectivity index (χ3v) is 6.46. The second-order valence-electron chi connectivity index (χ2n) is 7.01. The van der Waals surface area contributed by atoms with Crippen molar-refractivity contribution in [3.8, 4) is 11.3 Å². The summed E-state index contributed by atoms with van der Waals surface area (Å²) in [6.45, 7) is 4.23. The second-order valence-corrected chi connectivity index (χ2v) is 8.36. The van der Waals surface area contributed by atoms with Gasteiger partial charge >= 0.3 is 0 Å². The molecule has 0 unspecified atom stereocenters. The van der Waals surface area contributed by atoms with Gasteiger partial charge in [0.25, 0.3) is 0 Å². The van der Waals surface area contributed by atoms with Crippen LogP contribution in [0.3, 0.4) is 0 Å². The summed E-state index contributed by atoms with van der Waals surface area (Å²) in [6.07, 6.45) is 3.89. The zero-order valence-electron chi connectivity index (χ0n) is 16.0. The summed E-state index contributed by atoms with van der Waals surface area (Å²) in [5.41, 5.74) is 7.35. The number of rotatable bonds is 4. The van der Waals surface area contributed by atoms with Crippen molar-refractivity contribution in [1.82, 2.24) is 24.2 Å². The van der Waals surface area contributed by atoms with Gasteiger partial charge in [0.1, 0.15) is 5.52 Å². The van der Waals surface area contributed by atoms with Gasteiger partial charge in [-0.2, -0.15) is 5.10 Å². The number of fused-ring (bicyclic) bond motifs is 3. The molecule has 0 saturated heterocycles. The quantitative estimate of drug-likeness (QED) is 0.355. The van der Waals surface area contributed by atoms with E-state index in [1.165, 1.54) is 11.1 Å². The molecule has 7 heteroatoms. The van der Waals surface area contributed by atoms with Gasteiger partial charge in [0.15, 0.2) is 10.8 Å². The van der Waals surface area contributed by atoms with Gasteiger partial charge in [-0.25, -0.2) is 4.52 Å². The van der Waals surface area contributed by atoms with E-state index >= 15 is 0 Å². The highest BCUT2D eigenvalue weighted by Crippen LogP contribution is 2.28. The Morgan fingerprint density at radius 3 is 2.66 bits per heavy atom. The first-order valence-corrected chi connectivity index (χ1v) is 10.6. The lowest BCUT2D eigenvalue weighted by atomic mass is 10.0. The summed E-state index contributed by atoms with van der Waals surface area (Å²) in [5.74, 6) is 0.735. The van der Waals surface area contributed by atoms with Crippen LogP contribution in [0.1, 0.15) is 16.7 Å². The zero-order chi connectivity index (χ0) is 20.0. The highest BCUT2D eigenvalue weighted by Gasteiger charge is 2.13. The monoisotopic (exact) mass is 419 g/mol. The molecular weight excluding hydrogens is 402 g/mol. The van der Waals surface area contributed by atoms with Gasteiger partial charge in [0, 0.05) is 28.7 Å². The van der Waals surface area contributed by atoms with Crippen LogP contribution in [0.4, 0.5) is 0 Å². The van der Waals surface area contributed by atoms with Crippen molar-refractivity contribution in [2.75, 3.05) is 0 Å². The minimum absolute atomic E-state index is 0.735. The minimum Gasteiger partial charge on any atom is -0.274 e. The maximum atomic E-state index is 6.27. The largest absolute Gasteiger partial charge is 0.274 e. The van der Waals surface area contributed by atoms with Crippen LogP contribution in [0, 0.1) is 13.8 Å². The number of thioether (sulfide) groups is 1. The van der Waals surface area contributed by atoms with Gasteiger partial charge in [0.2, 0.25) is 0 Å². The predicted molar refractivity (Wildman–Crippen MR) is 118 cm³/mol. The molecule has 0 aliphatic heterocycles. The van der Waals surface area contributed by atoms with Crippen molar-refractivity contribution in [1.29, 1.82) is 0 Å². The lowest BCUT2D eigenvalue weighted by molar-refractivity contribution is 0.895. The molecule has 2 aromatic carbocycles. The molecule has 0 fully saturated rings. The summed E-state index contributed by atoms with van der Waals surface area (Å²) in [6, 6.07) is 16.3. The van der Waals surface area contributed by atoms with Crippen LogP contribution in [0.25, 0.3) is 22.4 Å². The van der Waals surface area contributed by atoms with Crippen molar-refractivity contribution in [3.63, 3.8) is 0 Å². The van der Waals surface area contributed by atoms with Crippen LogP contribution < -0.4 is 0 Å². The molecular formula is C22H18ClN5S. The van der Waals surface area contributed by atoms with E-state index in [1.807, 2.05) is 45.6 Å². The number of halogens is 1. The topological polar surface area (TPSA) is 47.5 Å². The van der Waals surface area contributed by atoms with E-state index in [1.54, 1.807) is 11.8 Å². The molecule has 0 bridgehead atoms. The Morgan fingerprint density at radius 2 is 1.83 bits per heavy atom. The number of hydrogen-bond acceptors (Lipinski definition) is 4. The lowest BCUT2D eigenvalue weighted by Gasteiger charge is -2.03. The van der Waals surface area contributed by atoms with E-state index < -0.39 is 0 Å².